The normalized spacial score (nSPS) is 22.0. The standard InChI is InChI=1S/C15H19N3O2/c1-15(2)7-4-3-5-10(15)12-17-11-9(14(19)20)6-8-16-13(11)18-12/h6,8,10H,3-5,7H2,1-2H3,(H,19,20)(H,16,17,18). The van der Waals surface area contributed by atoms with Crippen molar-refractivity contribution in [3.8, 4) is 0 Å². The summed E-state index contributed by atoms with van der Waals surface area (Å²) in [4.78, 5) is 23.2. The third-order valence-electron chi connectivity index (χ3n) is 4.48. The minimum atomic E-state index is -0.949. The predicted octanol–water partition coefficient (Wildman–Crippen LogP) is 3.34. The number of fused-ring (bicyclic) bond motifs is 1. The second-order valence-electron chi connectivity index (χ2n) is 6.27. The van der Waals surface area contributed by atoms with Crippen LogP contribution in [0.2, 0.25) is 0 Å². The Kier molecular flexibility index (Phi) is 3.00. The van der Waals surface area contributed by atoms with E-state index >= 15 is 0 Å². The quantitative estimate of drug-likeness (QED) is 0.879. The van der Waals surface area contributed by atoms with Gasteiger partial charge in [0.15, 0.2) is 5.65 Å². The van der Waals surface area contributed by atoms with Gasteiger partial charge in [-0.2, -0.15) is 0 Å². The number of H-pyrrole nitrogens is 1. The number of imidazole rings is 1. The van der Waals surface area contributed by atoms with Crippen LogP contribution in [-0.2, 0) is 0 Å². The highest BCUT2D eigenvalue weighted by molar-refractivity contribution is 5.99. The maximum atomic E-state index is 11.3. The molecule has 1 fully saturated rings. The van der Waals surface area contributed by atoms with Crippen molar-refractivity contribution in [1.29, 1.82) is 0 Å². The van der Waals surface area contributed by atoms with Crippen LogP contribution in [0.5, 0.6) is 0 Å². The van der Waals surface area contributed by atoms with E-state index < -0.39 is 5.97 Å². The predicted molar refractivity (Wildman–Crippen MR) is 75.8 cm³/mol. The molecule has 1 unspecified atom stereocenters. The van der Waals surface area contributed by atoms with E-state index in [1.807, 2.05) is 0 Å². The third kappa shape index (κ3) is 2.07. The topological polar surface area (TPSA) is 78.9 Å². The van der Waals surface area contributed by atoms with Crippen LogP contribution in [0.15, 0.2) is 12.3 Å². The second kappa shape index (κ2) is 4.58. The average molecular weight is 273 g/mol. The van der Waals surface area contributed by atoms with Gasteiger partial charge in [-0.3, -0.25) is 0 Å². The molecule has 3 rings (SSSR count). The number of nitrogens with one attached hydrogen (secondary N) is 1. The van der Waals surface area contributed by atoms with E-state index in [-0.39, 0.29) is 11.0 Å². The first-order chi connectivity index (χ1) is 9.49. The van der Waals surface area contributed by atoms with E-state index in [4.69, 9.17) is 0 Å². The van der Waals surface area contributed by atoms with E-state index in [2.05, 4.69) is 28.8 Å². The zero-order valence-electron chi connectivity index (χ0n) is 11.8. The second-order valence-corrected chi connectivity index (χ2v) is 6.27. The Labute approximate surface area is 117 Å². The number of carboxylic acid groups (broad SMARTS) is 1. The van der Waals surface area contributed by atoms with Gasteiger partial charge < -0.3 is 10.1 Å². The lowest BCUT2D eigenvalue weighted by molar-refractivity contribution is 0.0698. The van der Waals surface area contributed by atoms with Crippen molar-refractivity contribution in [2.75, 3.05) is 0 Å². The summed E-state index contributed by atoms with van der Waals surface area (Å²) in [6, 6.07) is 1.51. The molecule has 0 aromatic carbocycles. The lowest BCUT2D eigenvalue weighted by atomic mass is 9.68. The SMILES string of the molecule is CC1(C)CCCCC1c1nc2nccc(C(=O)O)c2[nH]1. The molecule has 1 aliphatic rings. The van der Waals surface area contributed by atoms with Crippen molar-refractivity contribution in [2.24, 2.45) is 5.41 Å². The average Bonchev–Trinajstić information content (AvgIpc) is 2.80. The Morgan fingerprint density at radius 1 is 1.45 bits per heavy atom. The van der Waals surface area contributed by atoms with E-state index in [1.165, 1.54) is 31.5 Å². The molecule has 2 heterocycles. The van der Waals surface area contributed by atoms with Gasteiger partial charge in [-0.05, 0) is 24.3 Å². The maximum absolute atomic E-state index is 11.3. The summed E-state index contributed by atoms with van der Waals surface area (Å²) in [5, 5.41) is 9.23. The summed E-state index contributed by atoms with van der Waals surface area (Å²) >= 11 is 0. The molecular weight excluding hydrogens is 254 g/mol. The summed E-state index contributed by atoms with van der Waals surface area (Å²) < 4.78 is 0. The summed E-state index contributed by atoms with van der Waals surface area (Å²) in [7, 11) is 0. The Bertz CT molecular complexity index is 660. The lowest BCUT2D eigenvalue weighted by Gasteiger charge is -2.37. The number of nitrogens with zero attached hydrogens (tertiary/aromatic N) is 2. The van der Waals surface area contributed by atoms with E-state index in [1.54, 1.807) is 0 Å². The lowest BCUT2D eigenvalue weighted by Crippen LogP contribution is -2.26. The first-order valence-corrected chi connectivity index (χ1v) is 7.07. The highest BCUT2D eigenvalue weighted by Gasteiger charge is 2.35. The number of pyridine rings is 1. The van der Waals surface area contributed by atoms with Crippen LogP contribution in [0, 0.1) is 5.41 Å². The number of aromatic amines is 1. The fraction of sp³-hybridized carbons (Fsp3) is 0.533. The summed E-state index contributed by atoms with van der Waals surface area (Å²) in [5.74, 6) is 0.272. The molecule has 106 valence electrons. The molecule has 2 aromatic heterocycles. The van der Waals surface area contributed by atoms with Crippen LogP contribution in [0.3, 0.4) is 0 Å². The molecule has 20 heavy (non-hydrogen) atoms. The molecule has 2 N–H and O–H groups in total. The molecule has 2 aromatic rings. The van der Waals surface area contributed by atoms with Crippen LogP contribution in [0.4, 0.5) is 0 Å². The molecular formula is C15H19N3O2. The molecule has 1 saturated carbocycles. The minimum Gasteiger partial charge on any atom is -0.478 e. The van der Waals surface area contributed by atoms with Crippen LogP contribution >= 0.6 is 0 Å². The van der Waals surface area contributed by atoms with Crippen molar-refractivity contribution < 1.29 is 9.90 Å². The van der Waals surface area contributed by atoms with E-state index in [9.17, 15) is 9.90 Å². The molecule has 0 aliphatic heterocycles. The molecule has 0 radical (unpaired) electrons. The minimum absolute atomic E-state index is 0.190. The van der Waals surface area contributed by atoms with Crippen molar-refractivity contribution >= 4 is 17.1 Å². The van der Waals surface area contributed by atoms with Gasteiger partial charge in [0.05, 0.1) is 11.1 Å². The van der Waals surface area contributed by atoms with Crippen LogP contribution in [0.25, 0.3) is 11.2 Å². The number of carboxylic acids is 1. The van der Waals surface area contributed by atoms with Gasteiger partial charge in [0.2, 0.25) is 0 Å². The molecule has 0 saturated heterocycles. The Balaban J connectivity index is 2.09. The van der Waals surface area contributed by atoms with Gasteiger partial charge in [0.1, 0.15) is 5.82 Å². The van der Waals surface area contributed by atoms with Crippen LogP contribution in [0.1, 0.15) is 61.6 Å². The largest absolute Gasteiger partial charge is 0.478 e. The number of aromatic nitrogens is 3. The molecule has 5 nitrogen and oxygen atoms in total. The molecule has 0 amide bonds. The van der Waals surface area contributed by atoms with Crippen LogP contribution in [-0.4, -0.2) is 26.0 Å². The monoisotopic (exact) mass is 273 g/mol. The van der Waals surface area contributed by atoms with E-state index in [0.717, 1.165) is 12.2 Å². The van der Waals surface area contributed by atoms with Gasteiger partial charge in [-0.1, -0.05) is 26.7 Å². The summed E-state index contributed by atoms with van der Waals surface area (Å²) in [6.45, 7) is 4.52. The number of hydrogen-bond donors (Lipinski definition) is 2. The zero-order valence-corrected chi connectivity index (χ0v) is 11.8. The molecule has 5 heteroatoms. The highest BCUT2D eigenvalue weighted by atomic mass is 16.4. The number of rotatable bonds is 2. The van der Waals surface area contributed by atoms with Gasteiger partial charge in [0.25, 0.3) is 0 Å². The fourth-order valence-corrected chi connectivity index (χ4v) is 3.27. The van der Waals surface area contributed by atoms with Crippen molar-refractivity contribution in [3.63, 3.8) is 0 Å². The molecule has 0 spiro atoms. The van der Waals surface area contributed by atoms with Gasteiger partial charge in [-0.15, -0.1) is 0 Å². The Hall–Kier alpha value is -1.91. The van der Waals surface area contributed by atoms with Crippen molar-refractivity contribution in [1.82, 2.24) is 15.0 Å². The first-order valence-electron chi connectivity index (χ1n) is 7.07. The fourth-order valence-electron chi connectivity index (χ4n) is 3.27. The number of aromatic carboxylic acids is 1. The first kappa shape index (κ1) is 13.1. The molecule has 1 aliphatic carbocycles. The smallest absolute Gasteiger partial charge is 0.338 e. The third-order valence-corrected chi connectivity index (χ3v) is 4.48. The summed E-state index contributed by atoms with van der Waals surface area (Å²) in [6.07, 6.45) is 6.22. The molecule has 0 bridgehead atoms. The Morgan fingerprint density at radius 2 is 2.25 bits per heavy atom. The van der Waals surface area contributed by atoms with Gasteiger partial charge in [-0.25, -0.2) is 14.8 Å². The highest BCUT2D eigenvalue weighted by Crippen LogP contribution is 2.46. The molecule has 1 atom stereocenters. The van der Waals surface area contributed by atoms with Crippen molar-refractivity contribution in [2.45, 2.75) is 45.4 Å². The van der Waals surface area contributed by atoms with Crippen LogP contribution < -0.4 is 0 Å². The Morgan fingerprint density at radius 3 is 2.95 bits per heavy atom. The van der Waals surface area contributed by atoms with Crippen molar-refractivity contribution in [3.05, 3.63) is 23.7 Å². The number of hydrogen-bond acceptors (Lipinski definition) is 3. The van der Waals surface area contributed by atoms with E-state index in [0.29, 0.717) is 17.1 Å². The zero-order chi connectivity index (χ0) is 14.3. The van der Waals surface area contributed by atoms with Gasteiger partial charge >= 0.3 is 5.97 Å². The number of carbonyl (C=O) groups is 1. The maximum Gasteiger partial charge on any atom is 0.338 e. The summed E-state index contributed by atoms with van der Waals surface area (Å²) in [5.41, 5.74) is 1.47. The van der Waals surface area contributed by atoms with Gasteiger partial charge in [0, 0.05) is 12.1 Å².